The van der Waals surface area contributed by atoms with E-state index in [1.807, 2.05) is 30.5 Å². The molecule has 0 saturated heterocycles. The maximum Gasteiger partial charge on any atom is 0.228 e. The van der Waals surface area contributed by atoms with Crippen molar-refractivity contribution in [3.8, 4) is 0 Å². The van der Waals surface area contributed by atoms with Crippen LogP contribution in [0.5, 0.6) is 0 Å². The Labute approximate surface area is 116 Å². The molecule has 4 heteroatoms. The molecule has 0 spiro atoms. The Morgan fingerprint density at radius 3 is 2.74 bits per heavy atom. The lowest BCUT2D eigenvalue weighted by atomic mass is 10.1. The highest BCUT2D eigenvalue weighted by atomic mass is 32.2. The number of anilines is 1. The second kappa shape index (κ2) is 6.38. The highest BCUT2D eigenvalue weighted by Crippen LogP contribution is 2.20. The smallest absolute Gasteiger partial charge is 0.228 e. The first-order valence-electron chi connectivity index (χ1n) is 5.86. The van der Waals surface area contributed by atoms with E-state index in [0.29, 0.717) is 5.69 Å². The van der Waals surface area contributed by atoms with Crippen molar-refractivity contribution in [3.05, 3.63) is 59.9 Å². The Morgan fingerprint density at radius 1 is 1.21 bits per heavy atom. The molecule has 2 rings (SSSR count). The number of hydrogen-bond acceptors (Lipinski definition) is 2. The van der Waals surface area contributed by atoms with Crippen molar-refractivity contribution in [2.45, 2.75) is 11.3 Å². The third-order valence-electron chi connectivity index (χ3n) is 2.65. The molecule has 0 aromatic heterocycles. The lowest BCUT2D eigenvalue weighted by Gasteiger charge is -2.08. The van der Waals surface area contributed by atoms with Crippen LogP contribution in [-0.4, -0.2) is 12.2 Å². The molecule has 0 aliphatic carbocycles. The number of amides is 1. The fourth-order valence-corrected chi connectivity index (χ4v) is 2.41. The molecule has 0 radical (unpaired) electrons. The van der Waals surface area contributed by atoms with E-state index in [1.54, 1.807) is 23.9 Å². The van der Waals surface area contributed by atoms with Gasteiger partial charge in [0.15, 0.2) is 0 Å². The SMILES string of the molecule is CSc1ccccc1CC(=O)Nc1cccc(F)c1. The molecule has 1 N–H and O–H groups in total. The van der Waals surface area contributed by atoms with Crippen LogP contribution in [0.25, 0.3) is 0 Å². The van der Waals surface area contributed by atoms with Crippen LogP contribution in [0.4, 0.5) is 10.1 Å². The molecule has 0 aliphatic heterocycles. The fraction of sp³-hybridized carbons (Fsp3) is 0.133. The zero-order chi connectivity index (χ0) is 13.7. The van der Waals surface area contributed by atoms with Gasteiger partial charge in [0.1, 0.15) is 5.82 Å². The van der Waals surface area contributed by atoms with Crippen LogP contribution < -0.4 is 5.32 Å². The van der Waals surface area contributed by atoms with Crippen LogP contribution in [-0.2, 0) is 11.2 Å². The first-order chi connectivity index (χ1) is 9.19. The lowest BCUT2D eigenvalue weighted by Crippen LogP contribution is -2.14. The van der Waals surface area contributed by atoms with Gasteiger partial charge in [-0.3, -0.25) is 4.79 Å². The summed E-state index contributed by atoms with van der Waals surface area (Å²) in [7, 11) is 0. The van der Waals surface area contributed by atoms with Crippen molar-refractivity contribution in [2.75, 3.05) is 11.6 Å². The largest absolute Gasteiger partial charge is 0.326 e. The van der Waals surface area contributed by atoms with Gasteiger partial charge in [0.25, 0.3) is 0 Å². The molecule has 0 aliphatic rings. The highest BCUT2D eigenvalue weighted by Gasteiger charge is 2.07. The number of halogens is 1. The van der Waals surface area contributed by atoms with Gasteiger partial charge in [-0.1, -0.05) is 24.3 Å². The number of rotatable bonds is 4. The number of hydrogen-bond donors (Lipinski definition) is 1. The second-order valence-corrected chi connectivity index (χ2v) is 4.90. The average molecular weight is 275 g/mol. The van der Waals surface area contributed by atoms with Gasteiger partial charge >= 0.3 is 0 Å². The summed E-state index contributed by atoms with van der Waals surface area (Å²) in [6, 6.07) is 13.6. The van der Waals surface area contributed by atoms with Crippen molar-refractivity contribution in [1.29, 1.82) is 0 Å². The summed E-state index contributed by atoms with van der Waals surface area (Å²) in [6.45, 7) is 0. The molecule has 0 unspecified atom stereocenters. The normalized spacial score (nSPS) is 10.2. The molecule has 0 heterocycles. The summed E-state index contributed by atoms with van der Waals surface area (Å²) in [6.07, 6.45) is 2.26. The molecule has 0 atom stereocenters. The summed E-state index contributed by atoms with van der Waals surface area (Å²) in [5.41, 5.74) is 1.45. The Kier molecular flexibility index (Phi) is 4.58. The van der Waals surface area contributed by atoms with Gasteiger partial charge in [0.05, 0.1) is 6.42 Å². The number of nitrogens with one attached hydrogen (secondary N) is 1. The van der Waals surface area contributed by atoms with Crippen molar-refractivity contribution in [1.82, 2.24) is 0 Å². The second-order valence-electron chi connectivity index (χ2n) is 4.05. The Hall–Kier alpha value is -1.81. The summed E-state index contributed by atoms with van der Waals surface area (Å²) in [5, 5.41) is 2.69. The maximum absolute atomic E-state index is 13.0. The van der Waals surface area contributed by atoms with Gasteiger partial charge in [0.2, 0.25) is 5.91 Å². The molecule has 2 nitrogen and oxygen atoms in total. The van der Waals surface area contributed by atoms with E-state index in [2.05, 4.69) is 5.32 Å². The van der Waals surface area contributed by atoms with Gasteiger partial charge in [-0.2, -0.15) is 0 Å². The van der Waals surface area contributed by atoms with Crippen LogP contribution in [0.3, 0.4) is 0 Å². The Balaban J connectivity index is 2.05. The third kappa shape index (κ3) is 3.83. The predicted octanol–water partition coefficient (Wildman–Crippen LogP) is 3.73. The van der Waals surface area contributed by atoms with E-state index in [9.17, 15) is 9.18 Å². The van der Waals surface area contributed by atoms with Crippen LogP contribution in [0.2, 0.25) is 0 Å². The van der Waals surface area contributed by atoms with Crippen LogP contribution >= 0.6 is 11.8 Å². The van der Waals surface area contributed by atoms with E-state index in [-0.39, 0.29) is 18.1 Å². The molecule has 98 valence electrons. The molecule has 2 aromatic rings. The number of carbonyl (C=O) groups is 1. The Bertz CT molecular complexity index is 586. The van der Waals surface area contributed by atoms with Crippen molar-refractivity contribution >= 4 is 23.4 Å². The highest BCUT2D eigenvalue weighted by molar-refractivity contribution is 7.98. The molecule has 0 bridgehead atoms. The third-order valence-corrected chi connectivity index (χ3v) is 3.49. The average Bonchev–Trinajstić information content (AvgIpc) is 2.39. The van der Waals surface area contributed by atoms with Gasteiger partial charge in [0, 0.05) is 10.6 Å². The Morgan fingerprint density at radius 2 is 2.00 bits per heavy atom. The monoisotopic (exact) mass is 275 g/mol. The van der Waals surface area contributed by atoms with E-state index in [4.69, 9.17) is 0 Å². The minimum Gasteiger partial charge on any atom is -0.326 e. The van der Waals surface area contributed by atoms with E-state index in [0.717, 1.165) is 10.5 Å². The van der Waals surface area contributed by atoms with Gasteiger partial charge in [-0.15, -0.1) is 11.8 Å². The van der Waals surface area contributed by atoms with Crippen molar-refractivity contribution in [3.63, 3.8) is 0 Å². The van der Waals surface area contributed by atoms with E-state index >= 15 is 0 Å². The van der Waals surface area contributed by atoms with Crippen LogP contribution in [0.15, 0.2) is 53.4 Å². The summed E-state index contributed by atoms with van der Waals surface area (Å²) < 4.78 is 13.0. The zero-order valence-electron chi connectivity index (χ0n) is 10.5. The molecule has 0 fully saturated rings. The summed E-state index contributed by atoms with van der Waals surface area (Å²) >= 11 is 1.61. The summed E-state index contributed by atoms with van der Waals surface area (Å²) in [5.74, 6) is -0.505. The molecule has 19 heavy (non-hydrogen) atoms. The van der Waals surface area contributed by atoms with Gasteiger partial charge in [-0.05, 0) is 36.1 Å². The topological polar surface area (TPSA) is 29.1 Å². The standard InChI is InChI=1S/C15H14FNOS/c1-19-14-8-3-2-5-11(14)9-15(18)17-13-7-4-6-12(16)10-13/h2-8,10H,9H2,1H3,(H,17,18). The number of benzene rings is 2. The van der Waals surface area contributed by atoms with Crippen LogP contribution in [0.1, 0.15) is 5.56 Å². The van der Waals surface area contributed by atoms with Crippen molar-refractivity contribution in [2.24, 2.45) is 0 Å². The quantitative estimate of drug-likeness (QED) is 0.861. The summed E-state index contributed by atoms with van der Waals surface area (Å²) in [4.78, 5) is 13.0. The first kappa shape index (κ1) is 13.6. The molecular formula is C15H14FNOS. The molecule has 1 amide bonds. The molecule has 2 aromatic carbocycles. The zero-order valence-corrected chi connectivity index (χ0v) is 11.3. The predicted molar refractivity (Wildman–Crippen MR) is 77.0 cm³/mol. The number of thioether (sulfide) groups is 1. The minimum absolute atomic E-state index is 0.146. The molecular weight excluding hydrogens is 261 g/mol. The van der Waals surface area contributed by atoms with Crippen LogP contribution in [0, 0.1) is 5.82 Å². The lowest BCUT2D eigenvalue weighted by molar-refractivity contribution is -0.115. The van der Waals surface area contributed by atoms with E-state index in [1.165, 1.54) is 12.1 Å². The van der Waals surface area contributed by atoms with E-state index < -0.39 is 0 Å². The molecule has 0 saturated carbocycles. The fourth-order valence-electron chi connectivity index (χ4n) is 1.79. The maximum atomic E-state index is 13.0. The minimum atomic E-state index is -0.359. The first-order valence-corrected chi connectivity index (χ1v) is 7.09. The number of carbonyl (C=O) groups excluding carboxylic acids is 1. The van der Waals surface area contributed by atoms with Gasteiger partial charge in [-0.25, -0.2) is 4.39 Å². The van der Waals surface area contributed by atoms with Gasteiger partial charge < -0.3 is 5.32 Å². The van der Waals surface area contributed by atoms with Crippen molar-refractivity contribution < 1.29 is 9.18 Å².